The number of rotatable bonds is 6. The molecule has 0 saturated heterocycles. The van der Waals surface area contributed by atoms with Crippen LogP contribution in [0.3, 0.4) is 0 Å². The van der Waals surface area contributed by atoms with Crippen molar-refractivity contribution >= 4 is 41.6 Å². The quantitative estimate of drug-likeness (QED) is 0.604. The van der Waals surface area contributed by atoms with Gasteiger partial charge in [-0.15, -0.1) is 0 Å². The van der Waals surface area contributed by atoms with Crippen molar-refractivity contribution in [2.75, 3.05) is 6.54 Å². The molecule has 1 amide bonds. The van der Waals surface area contributed by atoms with Gasteiger partial charge >= 0.3 is 0 Å². The maximum absolute atomic E-state index is 12.0. The Morgan fingerprint density at radius 2 is 2.00 bits per heavy atom. The minimum Gasteiger partial charge on any atom is -0.352 e. The van der Waals surface area contributed by atoms with Gasteiger partial charge < -0.3 is 5.32 Å². The van der Waals surface area contributed by atoms with E-state index in [1.165, 1.54) is 6.07 Å². The van der Waals surface area contributed by atoms with Gasteiger partial charge in [0, 0.05) is 27.3 Å². The minimum absolute atomic E-state index is 0.0853. The molecule has 20 heavy (non-hydrogen) atoms. The van der Waals surface area contributed by atoms with Crippen molar-refractivity contribution in [3.8, 4) is 0 Å². The summed E-state index contributed by atoms with van der Waals surface area (Å²) in [7, 11) is 1.47. The fraction of sp³-hybridized carbons (Fsp3) is 0.462. The summed E-state index contributed by atoms with van der Waals surface area (Å²) in [6, 6.07) is 2.92. The molecule has 0 saturated carbocycles. The van der Waals surface area contributed by atoms with Gasteiger partial charge in [-0.25, -0.2) is 8.42 Å². The number of aryl methyl sites for hydroxylation is 1. The van der Waals surface area contributed by atoms with Crippen molar-refractivity contribution in [3.63, 3.8) is 0 Å². The fourth-order valence-electron chi connectivity index (χ4n) is 1.72. The third kappa shape index (κ3) is 4.75. The van der Waals surface area contributed by atoms with Gasteiger partial charge in [-0.1, -0.05) is 19.8 Å². The normalized spacial score (nSPS) is 11.4. The molecule has 1 aromatic carbocycles. The number of carbonyl (C=O) groups excluding carboxylic acids is 1. The molecule has 0 bridgehead atoms. The van der Waals surface area contributed by atoms with Gasteiger partial charge in [0.2, 0.25) is 0 Å². The first-order valence-electron chi connectivity index (χ1n) is 6.30. The SMILES string of the molecule is CCCCCNC(=O)c1cc(C)c(Br)c(S(=O)(=O)Cl)c1. The minimum atomic E-state index is -3.90. The van der Waals surface area contributed by atoms with Gasteiger partial charge in [-0.05, 0) is 47.0 Å². The molecule has 0 unspecified atom stereocenters. The van der Waals surface area contributed by atoms with Gasteiger partial charge in [-0.3, -0.25) is 4.79 Å². The van der Waals surface area contributed by atoms with E-state index < -0.39 is 9.05 Å². The third-order valence-electron chi connectivity index (χ3n) is 2.81. The molecule has 0 spiro atoms. The highest BCUT2D eigenvalue weighted by Gasteiger charge is 2.19. The predicted molar refractivity (Wildman–Crippen MR) is 83.8 cm³/mol. The summed E-state index contributed by atoms with van der Waals surface area (Å²) >= 11 is 3.18. The zero-order chi connectivity index (χ0) is 15.3. The van der Waals surface area contributed by atoms with E-state index in [0.717, 1.165) is 19.3 Å². The number of carbonyl (C=O) groups is 1. The second-order valence-electron chi connectivity index (χ2n) is 4.51. The van der Waals surface area contributed by atoms with E-state index in [1.807, 2.05) is 0 Å². The van der Waals surface area contributed by atoms with Crippen LogP contribution in [0.25, 0.3) is 0 Å². The van der Waals surface area contributed by atoms with Crippen LogP contribution in [0.15, 0.2) is 21.5 Å². The highest BCUT2D eigenvalue weighted by Crippen LogP contribution is 2.29. The molecule has 0 radical (unpaired) electrons. The van der Waals surface area contributed by atoms with Gasteiger partial charge in [0.1, 0.15) is 0 Å². The van der Waals surface area contributed by atoms with E-state index in [0.29, 0.717) is 22.1 Å². The standard InChI is InChI=1S/C13H17BrClNO3S/c1-3-4-5-6-16-13(17)10-7-9(2)12(14)11(8-10)20(15,18)19/h7-8H,3-6H2,1-2H3,(H,16,17). The maximum atomic E-state index is 12.0. The van der Waals surface area contributed by atoms with Gasteiger partial charge in [0.15, 0.2) is 0 Å². The molecule has 7 heteroatoms. The summed E-state index contributed by atoms with van der Waals surface area (Å²) in [4.78, 5) is 11.9. The van der Waals surface area contributed by atoms with Crippen molar-refractivity contribution in [1.82, 2.24) is 5.32 Å². The number of hydrogen-bond acceptors (Lipinski definition) is 3. The van der Waals surface area contributed by atoms with Crippen molar-refractivity contribution in [3.05, 3.63) is 27.7 Å². The number of nitrogens with one attached hydrogen (secondary N) is 1. The van der Waals surface area contributed by atoms with Crippen LogP contribution in [0.4, 0.5) is 0 Å². The summed E-state index contributed by atoms with van der Waals surface area (Å²) in [5.74, 6) is -0.293. The lowest BCUT2D eigenvalue weighted by Gasteiger charge is -2.09. The molecular formula is C13H17BrClNO3S. The van der Waals surface area contributed by atoms with Crippen LogP contribution >= 0.6 is 26.6 Å². The van der Waals surface area contributed by atoms with Crippen molar-refractivity contribution < 1.29 is 13.2 Å². The van der Waals surface area contributed by atoms with Gasteiger partial charge in [-0.2, -0.15) is 0 Å². The van der Waals surface area contributed by atoms with E-state index in [-0.39, 0.29) is 10.8 Å². The summed E-state index contributed by atoms with van der Waals surface area (Å²) in [6.45, 7) is 4.37. The number of benzene rings is 1. The van der Waals surface area contributed by atoms with Crippen molar-refractivity contribution in [2.24, 2.45) is 0 Å². The summed E-state index contributed by atoms with van der Waals surface area (Å²) < 4.78 is 23.4. The highest BCUT2D eigenvalue weighted by atomic mass is 79.9. The van der Waals surface area contributed by atoms with Crippen LogP contribution < -0.4 is 5.32 Å². The molecule has 0 heterocycles. The second kappa shape index (κ2) is 7.43. The molecule has 0 fully saturated rings. The lowest BCUT2D eigenvalue weighted by molar-refractivity contribution is 0.0952. The van der Waals surface area contributed by atoms with Gasteiger partial charge in [0.05, 0.1) is 4.90 Å². The Hall–Kier alpha value is -0.590. The summed E-state index contributed by atoms with van der Waals surface area (Å²) in [5.41, 5.74) is 0.937. The average Bonchev–Trinajstić information content (AvgIpc) is 2.36. The van der Waals surface area contributed by atoms with Crippen LogP contribution in [0.1, 0.15) is 42.1 Å². The molecule has 0 aliphatic carbocycles. The van der Waals surface area contributed by atoms with Crippen LogP contribution in [-0.4, -0.2) is 20.9 Å². The number of amides is 1. The maximum Gasteiger partial charge on any atom is 0.262 e. The number of hydrogen-bond donors (Lipinski definition) is 1. The lowest BCUT2D eigenvalue weighted by Crippen LogP contribution is -2.24. The third-order valence-corrected chi connectivity index (χ3v) is 5.47. The predicted octanol–water partition coefficient (Wildman–Crippen LogP) is 3.61. The van der Waals surface area contributed by atoms with E-state index in [2.05, 4.69) is 28.2 Å². The molecule has 4 nitrogen and oxygen atoms in total. The Morgan fingerprint density at radius 1 is 1.35 bits per heavy atom. The molecule has 0 aliphatic rings. The fourth-order valence-corrected chi connectivity index (χ4v) is 3.88. The lowest BCUT2D eigenvalue weighted by atomic mass is 10.1. The summed E-state index contributed by atoms with van der Waals surface area (Å²) in [6.07, 6.45) is 3.02. The second-order valence-corrected chi connectivity index (χ2v) is 7.83. The van der Waals surface area contributed by atoms with Crippen LogP contribution in [0, 0.1) is 6.92 Å². The topological polar surface area (TPSA) is 63.2 Å². The number of unbranched alkanes of at least 4 members (excludes halogenated alkanes) is 2. The first-order chi connectivity index (χ1) is 9.27. The first kappa shape index (κ1) is 17.5. The van der Waals surface area contributed by atoms with E-state index in [1.54, 1.807) is 13.0 Å². The van der Waals surface area contributed by atoms with Crippen LogP contribution in [0.2, 0.25) is 0 Å². The Bertz CT molecular complexity index is 602. The zero-order valence-electron chi connectivity index (χ0n) is 11.4. The Kier molecular flexibility index (Phi) is 6.48. The molecule has 1 rings (SSSR count). The van der Waals surface area contributed by atoms with Crippen molar-refractivity contribution in [1.29, 1.82) is 0 Å². The highest BCUT2D eigenvalue weighted by molar-refractivity contribution is 9.10. The Labute approximate surface area is 132 Å². The Morgan fingerprint density at radius 3 is 2.55 bits per heavy atom. The largest absolute Gasteiger partial charge is 0.352 e. The average molecular weight is 383 g/mol. The van der Waals surface area contributed by atoms with E-state index in [4.69, 9.17) is 10.7 Å². The first-order valence-corrected chi connectivity index (χ1v) is 9.40. The molecule has 112 valence electrons. The smallest absolute Gasteiger partial charge is 0.262 e. The Balaban J connectivity index is 2.97. The van der Waals surface area contributed by atoms with E-state index in [9.17, 15) is 13.2 Å². The monoisotopic (exact) mass is 381 g/mol. The molecule has 0 aromatic heterocycles. The number of halogens is 2. The molecular weight excluding hydrogens is 366 g/mol. The van der Waals surface area contributed by atoms with Crippen LogP contribution in [-0.2, 0) is 9.05 Å². The molecule has 0 aliphatic heterocycles. The molecule has 1 aromatic rings. The van der Waals surface area contributed by atoms with Crippen LogP contribution in [0.5, 0.6) is 0 Å². The van der Waals surface area contributed by atoms with Crippen molar-refractivity contribution in [2.45, 2.75) is 38.0 Å². The van der Waals surface area contributed by atoms with E-state index >= 15 is 0 Å². The molecule has 1 N–H and O–H groups in total. The zero-order valence-corrected chi connectivity index (χ0v) is 14.5. The summed E-state index contributed by atoms with van der Waals surface area (Å²) in [5, 5.41) is 2.77. The molecule has 0 atom stereocenters. The van der Waals surface area contributed by atoms with Gasteiger partial charge in [0.25, 0.3) is 15.0 Å².